The van der Waals surface area contributed by atoms with Crippen molar-refractivity contribution in [3.05, 3.63) is 87.2 Å². The number of nitrogens with zero attached hydrogens (tertiary/aromatic N) is 3. The number of rotatable bonds is 4. The first kappa shape index (κ1) is 21.6. The highest BCUT2D eigenvalue weighted by atomic mass is 35.5. The van der Waals surface area contributed by atoms with Gasteiger partial charge in [-0.3, -0.25) is 4.79 Å². The van der Waals surface area contributed by atoms with Crippen molar-refractivity contribution in [1.82, 2.24) is 0 Å². The zero-order valence-corrected chi connectivity index (χ0v) is 18.0. The van der Waals surface area contributed by atoms with E-state index >= 15 is 0 Å². The average molecular weight is 466 g/mol. The Morgan fingerprint density at radius 2 is 1.78 bits per heavy atom. The van der Waals surface area contributed by atoms with E-state index in [2.05, 4.69) is 0 Å². The molecule has 1 amide bonds. The number of hydrogen-bond acceptors (Lipinski definition) is 4. The fourth-order valence-electron chi connectivity index (χ4n) is 3.61. The van der Waals surface area contributed by atoms with Gasteiger partial charge in [-0.1, -0.05) is 35.3 Å². The molecule has 158 valence electrons. The van der Waals surface area contributed by atoms with Gasteiger partial charge in [0.15, 0.2) is 5.75 Å². The van der Waals surface area contributed by atoms with Gasteiger partial charge < -0.3 is 9.64 Å². The number of ether oxygens (including phenoxy) is 1. The van der Waals surface area contributed by atoms with E-state index in [-0.39, 0.29) is 40.1 Å². The second kappa shape index (κ2) is 8.88. The molecule has 8 heteroatoms. The summed E-state index contributed by atoms with van der Waals surface area (Å²) < 4.78 is 19.5. The molecule has 1 saturated heterocycles. The van der Waals surface area contributed by atoms with Gasteiger partial charge in [0.1, 0.15) is 23.7 Å². The highest BCUT2D eigenvalue weighted by Gasteiger charge is 2.32. The molecule has 0 aromatic heterocycles. The molecule has 0 N–H and O–H groups in total. The zero-order valence-electron chi connectivity index (χ0n) is 16.5. The second-order valence-electron chi connectivity index (χ2n) is 7.20. The third-order valence-electron chi connectivity index (χ3n) is 5.23. The second-order valence-corrected chi connectivity index (χ2v) is 8.02. The molecule has 3 aromatic rings. The van der Waals surface area contributed by atoms with Gasteiger partial charge in [-0.05, 0) is 48.0 Å². The molecular formula is C24H14Cl2FN3O2. The monoisotopic (exact) mass is 465 g/mol. The first-order chi connectivity index (χ1) is 15.4. The van der Waals surface area contributed by atoms with Gasteiger partial charge >= 0.3 is 0 Å². The van der Waals surface area contributed by atoms with Crippen LogP contribution in [0.2, 0.25) is 10.0 Å². The lowest BCUT2D eigenvalue weighted by Gasteiger charge is -2.18. The van der Waals surface area contributed by atoms with E-state index in [0.717, 1.165) is 5.56 Å². The summed E-state index contributed by atoms with van der Waals surface area (Å²) >= 11 is 12.5. The van der Waals surface area contributed by atoms with E-state index in [9.17, 15) is 14.4 Å². The largest absolute Gasteiger partial charge is 0.453 e. The molecule has 0 saturated carbocycles. The van der Waals surface area contributed by atoms with E-state index in [1.807, 2.05) is 6.07 Å². The molecule has 0 aliphatic carbocycles. The standard InChI is InChI=1S/C24H14Cl2FN3O2/c25-19-6-4-14(9-22(19)32-24-15(11-28)2-1-3-20(24)26)17-10-23(31)30(13-17)18-5-7-21(27)16(8-18)12-29/h1-9,17H,10,13H2/t17-/m0/s1. The Labute approximate surface area is 193 Å². The van der Waals surface area contributed by atoms with Crippen LogP contribution in [0.1, 0.15) is 29.0 Å². The summed E-state index contributed by atoms with van der Waals surface area (Å²) in [6.07, 6.45) is 0.232. The molecule has 0 unspecified atom stereocenters. The van der Waals surface area contributed by atoms with Gasteiger partial charge in [0.25, 0.3) is 0 Å². The normalized spacial score (nSPS) is 15.3. The van der Waals surface area contributed by atoms with Crippen molar-refractivity contribution in [2.45, 2.75) is 12.3 Å². The molecule has 1 heterocycles. The number of carbonyl (C=O) groups is 1. The van der Waals surface area contributed by atoms with E-state index in [1.165, 1.54) is 23.1 Å². The maximum atomic E-state index is 13.7. The fourth-order valence-corrected chi connectivity index (χ4v) is 3.98. The van der Waals surface area contributed by atoms with Gasteiger partial charge in [-0.25, -0.2) is 4.39 Å². The minimum Gasteiger partial charge on any atom is -0.453 e. The van der Waals surface area contributed by atoms with Gasteiger partial charge in [-0.15, -0.1) is 0 Å². The minimum absolute atomic E-state index is 0.117. The van der Waals surface area contributed by atoms with Crippen LogP contribution in [0.25, 0.3) is 0 Å². The van der Waals surface area contributed by atoms with Crippen LogP contribution >= 0.6 is 23.2 Å². The zero-order chi connectivity index (χ0) is 22.8. The minimum atomic E-state index is -0.629. The summed E-state index contributed by atoms with van der Waals surface area (Å²) in [7, 11) is 0. The Morgan fingerprint density at radius 1 is 1.00 bits per heavy atom. The van der Waals surface area contributed by atoms with E-state index in [1.54, 1.807) is 42.5 Å². The Bertz CT molecular complexity index is 1310. The van der Waals surface area contributed by atoms with Crippen molar-refractivity contribution in [2.24, 2.45) is 0 Å². The molecule has 32 heavy (non-hydrogen) atoms. The van der Waals surface area contributed by atoms with Crippen LogP contribution in [0, 0.1) is 28.5 Å². The number of anilines is 1. The molecule has 5 nitrogen and oxygen atoms in total. The van der Waals surface area contributed by atoms with Crippen LogP contribution in [0.5, 0.6) is 11.5 Å². The predicted molar refractivity (Wildman–Crippen MR) is 119 cm³/mol. The van der Waals surface area contributed by atoms with Crippen molar-refractivity contribution < 1.29 is 13.9 Å². The molecule has 1 atom stereocenters. The maximum absolute atomic E-state index is 13.7. The summed E-state index contributed by atoms with van der Waals surface area (Å²) in [5, 5.41) is 19.0. The number of nitriles is 2. The van der Waals surface area contributed by atoms with E-state index in [4.69, 9.17) is 33.2 Å². The SMILES string of the molecule is N#Cc1cc(N2C[C@@H](c3ccc(Cl)c(Oc4c(Cl)cccc4C#N)c3)CC2=O)ccc1F. The van der Waals surface area contributed by atoms with Gasteiger partial charge in [0.2, 0.25) is 5.91 Å². The van der Waals surface area contributed by atoms with Gasteiger partial charge in [0, 0.05) is 24.6 Å². The Balaban J connectivity index is 1.62. The topological polar surface area (TPSA) is 77.1 Å². The Morgan fingerprint density at radius 3 is 2.53 bits per heavy atom. The molecule has 0 bridgehead atoms. The van der Waals surface area contributed by atoms with Crippen LogP contribution in [0.15, 0.2) is 54.6 Å². The molecular weight excluding hydrogens is 452 g/mol. The van der Waals surface area contributed by atoms with Crippen LogP contribution in [0.4, 0.5) is 10.1 Å². The lowest BCUT2D eigenvalue weighted by Crippen LogP contribution is -2.24. The van der Waals surface area contributed by atoms with Gasteiger partial charge in [-0.2, -0.15) is 10.5 Å². The van der Waals surface area contributed by atoms with Crippen LogP contribution in [-0.4, -0.2) is 12.5 Å². The van der Waals surface area contributed by atoms with Crippen LogP contribution in [-0.2, 0) is 4.79 Å². The molecule has 3 aromatic carbocycles. The van der Waals surface area contributed by atoms with Crippen molar-refractivity contribution in [1.29, 1.82) is 10.5 Å². The van der Waals surface area contributed by atoms with E-state index in [0.29, 0.717) is 23.0 Å². The summed E-state index contributed by atoms with van der Waals surface area (Å²) in [4.78, 5) is 14.2. The quantitative estimate of drug-likeness (QED) is 0.460. The van der Waals surface area contributed by atoms with Crippen molar-refractivity contribution >= 4 is 34.8 Å². The summed E-state index contributed by atoms with van der Waals surface area (Å²) in [6, 6.07) is 17.9. The molecule has 1 aliphatic rings. The van der Waals surface area contributed by atoms with E-state index < -0.39 is 5.82 Å². The molecule has 0 spiro atoms. The first-order valence-electron chi connectivity index (χ1n) is 9.57. The van der Waals surface area contributed by atoms with Crippen molar-refractivity contribution in [3.63, 3.8) is 0 Å². The number of carbonyl (C=O) groups excluding carboxylic acids is 1. The highest BCUT2D eigenvalue weighted by molar-refractivity contribution is 6.33. The number of hydrogen-bond donors (Lipinski definition) is 0. The highest BCUT2D eigenvalue weighted by Crippen LogP contribution is 2.39. The predicted octanol–water partition coefficient (Wildman–Crippen LogP) is 6.19. The van der Waals surface area contributed by atoms with Crippen molar-refractivity contribution in [2.75, 3.05) is 11.4 Å². The summed E-state index contributed by atoms with van der Waals surface area (Å²) in [6.45, 7) is 0.353. The number of benzene rings is 3. The molecule has 1 fully saturated rings. The summed E-state index contributed by atoms with van der Waals surface area (Å²) in [5.74, 6) is -0.418. The number of halogens is 3. The van der Waals surface area contributed by atoms with Gasteiger partial charge in [0.05, 0.1) is 21.2 Å². The number of para-hydroxylation sites is 1. The molecule has 4 rings (SSSR count). The maximum Gasteiger partial charge on any atom is 0.227 e. The molecule has 0 radical (unpaired) electrons. The number of amides is 1. The first-order valence-corrected chi connectivity index (χ1v) is 10.3. The fraction of sp³-hybridized carbons (Fsp3) is 0.125. The average Bonchev–Trinajstić information content (AvgIpc) is 3.18. The van der Waals surface area contributed by atoms with Crippen molar-refractivity contribution in [3.8, 4) is 23.6 Å². The van der Waals surface area contributed by atoms with Crippen LogP contribution < -0.4 is 9.64 Å². The smallest absolute Gasteiger partial charge is 0.227 e. The third-order valence-corrected chi connectivity index (χ3v) is 5.84. The lowest BCUT2D eigenvalue weighted by molar-refractivity contribution is -0.117. The van der Waals surface area contributed by atoms with Crippen LogP contribution in [0.3, 0.4) is 0 Å². The third kappa shape index (κ3) is 4.11. The Kier molecular flexibility index (Phi) is 6.01. The molecule has 1 aliphatic heterocycles. The lowest BCUT2D eigenvalue weighted by atomic mass is 9.98. The Hall–Kier alpha value is -3.58. The summed E-state index contributed by atoms with van der Waals surface area (Å²) in [5.41, 5.74) is 1.43.